The lowest BCUT2D eigenvalue weighted by molar-refractivity contribution is -0.132. The monoisotopic (exact) mass is 511 g/mol. The van der Waals surface area contributed by atoms with Crippen LogP contribution in [0.15, 0.2) is 84.7 Å². The standard InChI is InChI=1S/C28H21N3O5S/c1-16-26(17(2)32)37-28(30-16)31-23(19-7-6-10-21(15-19)36-20-8-4-3-5-9-20)22(25(34)27(31)35)24(33)18-11-13-29-14-12-18/h3-15,23,33H,1-2H3. The zero-order chi connectivity index (χ0) is 26.1. The highest BCUT2D eigenvalue weighted by molar-refractivity contribution is 7.18. The van der Waals surface area contributed by atoms with Gasteiger partial charge in [-0.1, -0.05) is 41.7 Å². The Morgan fingerprint density at radius 3 is 2.38 bits per heavy atom. The van der Waals surface area contributed by atoms with Crippen molar-refractivity contribution in [2.75, 3.05) is 4.90 Å². The molecule has 37 heavy (non-hydrogen) atoms. The lowest BCUT2D eigenvalue weighted by Gasteiger charge is -2.23. The smallest absolute Gasteiger partial charge is 0.301 e. The molecule has 0 spiro atoms. The fraction of sp³-hybridized carbons (Fsp3) is 0.107. The van der Waals surface area contributed by atoms with Gasteiger partial charge in [0.25, 0.3) is 5.78 Å². The van der Waals surface area contributed by atoms with Crippen LogP contribution in [-0.2, 0) is 9.59 Å². The summed E-state index contributed by atoms with van der Waals surface area (Å²) in [6, 6.07) is 18.2. The summed E-state index contributed by atoms with van der Waals surface area (Å²) in [5, 5.41) is 11.4. The first-order valence-electron chi connectivity index (χ1n) is 11.4. The van der Waals surface area contributed by atoms with Crippen molar-refractivity contribution in [2.24, 2.45) is 0 Å². The van der Waals surface area contributed by atoms with E-state index in [4.69, 9.17) is 4.74 Å². The van der Waals surface area contributed by atoms with Crippen molar-refractivity contribution in [3.05, 3.63) is 106 Å². The van der Waals surface area contributed by atoms with Crippen molar-refractivity contribution < 1.29 is 24.2 Å². The van der Waals surface area contributed by atoms with Gasteiger partial charge in [-0.25, -0.2) is 4.98 Å². The van der Waals surface area contributed by atoms with Crippen LogP contribution in [0.4, 0.5) is 5.13 Å². The molecule has 1 atom stereocenters. The predicted octanol–water partition coefficient (Wildman–Crippen LogP) is 5.47. The molecule has 2 aromatic heterocycles. The number of aryl methyl sites for hydroxylation is 1. The Morgan fingerprint density at radius 1 is 1.00 bits per heavy atom. The number of benzene rings is 2. The number of nitrogens with zero attached hydrogens (tertiary/aromatic N) is 3. The number of carbonyl (C=O) groups excluding carboxylic acids is 3. The van der Waals surface area contributed by atoms with Gasteiger partial charge in [0.05, 0.1) is 22.2 Å². The minimum absolute atomic E-state index is 0.0923. The molecule has 1 aliphatic heterocycles. The van der Waals surface area contributed by atoms with E-state index in [2.05, 4.69) is 9.97 Å². The second kappa shape index (κ2) is 9.79. The first kappa shape index (κ1) is 24.1. The van der Waals surface area contributed by atoms with Crippen LogP contribution in [0.25, 0.3) is 5.76 Å². The zero-order valence-electron chi connectivity index (χ0n) is 19.9. The van der Waals surface area contributed by atoms with E-state index in [1.165, 1.54) is 24.2 Å². The van der Waals surface area contributed by atoms with Crippen molar-refractivity contribution in [2.45, 2.75) is 19.9 Å². The number of rotatable bonds is 6. The van der Waals surface area contributed by atoms with Crippen LogP contribution in [0.2, 0.25) is 0 Å². The number of aromatic nitrogens is 2. The van der Waals surface area contributed by atoms with Crippen LogP contribution in [-0.4, -0.2) is 32.5 Å². The molecule has 0 radical (unpaired) electrons. The van der Waals surface area contributed by atoms with Crippen molar-refractivity contribution in [1.29, 1.82) is 0 Å². The van der Waals surface area contributed by atoms with E-state index in [0.717, 1.165) is 11.3 Å². The molecule has 8 nitrogen and oxygen atoms in total. The number of para-hydroxylation sites is 1. The Hall–Kier alpha value is -4.63. The highest BCUT2D eigenvalue weighted by Crippen LogP contribution is 2.44. The van der Waals surface area contributed by atoms with Gasteiger partial charge in [0.1, 0.15) is 17.3 Å². The topological polar surface area (TPSA) is 110 Å². The molecule has 9 heteroatoms. The Morgan fingerprint density at radius 2 is 1.70 bits per heavy atom. The number of pyridine rings is 1. The summed E-state index contributed by atoms with van der Waals surface area (Å²) in [6.07, 6.45) is 2.97. The number of Topliss-reactive ketones (excluding diaryl/α,β-unsaturated/α-hetero) is 2. The Bertz CT molecular complexity index is 1550. The molecule has 1 amide bonds. The number of ether oxygens (including phenoxy) is 1. The number of ketones is 2. The van der Waals surface area contributed by atoms with E-state index in [1.807, 2.05) is 30.3 Å². The quantitative estimate of drug-likeness (QED) is 0.158. The average molecular weight is 512 g/mol. The predicted molar refractivity (Wildman–Crippen MR) is 139 cm³/mol. The van der Waals surface area contributed by atoms with Crippen LogP contribution >= 0.6 is 11.3 Å². The minimum Gasteiger partial charge on any atom is -0.507 e. The molecule has 4 aromatic rings. The van der Waals surface area contributed by atoms with E-state index in [0.29, 0.717) is 33.2 Å². The number of anilines is 1. The minimum atomic E-state index is -1.00. The van der Waals surface area contributed by atoms with Gasteiger partial charge in [-0.2, -0.15) is 0 Å². The fourth-order valence-corrected chi connectivity index (χ4v) is 5.18. The Labute approximate surface area is 216 Å². The maximum atomic E-state index is 13.4. The van der Waals surface area contributed by atoms with E-state index >= 15 is 0 Å². The third-order valence-electron chi connectivity index (χ3n) is 5.86. The van der Waals surface area contributed by atoms with Crippen LogP contribution < -0.4 is 9.64 Å². The molecule has 0 aliphatic carbocycles. The molecular formula is C28H21N3O5S. The molecule has 1 fully saturated rings. The molecule has 1 saturated heterocycles. The second-order valence-electron chi connectivity index (χ2n) is 8.36. The average Bonchev–Trinajstić information content (AvgIpc) is 3.42. The number of amides is 1. The van der Waals surface area contributed by atoms with Gasteiger partial charge in [0.15, 0.2) is 10.9 Å². The molecule has 0 saturated carbocycles. The van der Waals surface area contributed by atoms with Gasteiger partial charge in [-0.05, 0) is 48.9 Å². The van der Waals surface area contributed by atoms with Crippen molar-refractivity contribution >= 4 is 39.7 Å². The SMILES string of the molecule is CC(=O)c1sc(N2C(=O)C(=O)C(=C(O)c3ccncc3)C2c2cccc(Oc3ccccc3)c2)nc1C. The Balaban J connectivity index is 1.68. The maximum absolute atomic E-state index is 13.4. The highest BCUT2D eigenvalue weighted by atomic mass is 32.1. The molecule has 1 unspecified atom stereocenters. The van der Waals surface area contributed by atoms with E-state index < -0.39 is 17.7 Å². The summed E-state index contributed by atoms with van der Waals surface area (Å²) in [6.45, 7) is 3.09. The third-order valence-corrected chi connectivity index (χ3v) is 7.12. The van der Waals surface area contributed by atoms with Crippen molar-refractivity contribution in [3.8, 4) is 11.5 Å². The van der Waals surface area contributed by atoms with Gasteiger partial charge < -0.3 is 9.84 Å². The lowest BCUT2D eigenvalue weighted by Crippen LogP contribution is -2.29. The molecule has 2 aromatic carbocycles. The molecule has 1 N–H and O–H groups in total. The van der Waals surface area contributed by atoms with Crippen LogP contribution in [0.3, 0.4) is 0 Å². The highest BCUT2D eigenvalue weighted by Gasteiger charge is 2.48. The molecule has 5 rings (SSSR count). The fourth-order valence-electron chi connectivity index (χ4n) is 4.20. The first-order valence-corrected chi connectivity index (χ1v) is 12.2. The molecule has 184 valence electrons. The lowest BCUT2D eigenvalue weighted by atomic mass is 9.95. The summed E-state index contributed by atoms with van der Waals surface area (Å²) in [5.74, 6) is -1.12. The van der Waals surface area contributed by atoms with Crippen LogP contribution in [0.1, 0.15) is 39.5 Å². The van der Waals surface area contributed by atoms with Crippen molar-refractivity contribution in [1.82, 2.24) is 9.97 Å². The molecule has 0 bridgehead atoms. The van der Waals surface area contributed by atoms with Gasteiger partial charge in [-0.15, -0.1) is 0 Å². The summed E-state index contributed by atoms with van der Waals surface area (Å²) >= 11 is 1.03. The van der Waals surface area contributed by atoms with Gasteiger partial charge in [-0.3, -0.25) is 24.3 Å². The normalized spacial score (nSPS) is 16.7. The van der Waals surface area contributed by atoms with Gasteiger partial charge >= 0.3 is 5.91 Å². The number of aliphatic hydroxyl groups excluding tert-OH is 1. The van der Waals surface area contributed by atoms with E-state index in [-0.39, 0.29) is 22.2 Å². The Kier molecular flexibility index (Phi) is 6.37. The first-order chi connectivity index (χ1) is 17.8. The van der Waals surface area contributed by atoms with Crippen LogP contribution in [0, 0.1) is 6.92 Å². The number of hydrogen-bond donors (Lipinski definition) is 1. The number of thiazole rings is 1. The largest absolute Gasteiger partial charge is 0.507 e. The third kappa shape index (κ3) is 4.52. The molecule has 1 aliphatic rings. The number of aliphatic hydroxyl groups is 1. The zero-order valence-corrected chi connectivity index (χ0v) is 20.7. The molecule has 3 heterocycles. The van der Waals surface area contributed by atoms with E-state index in [9.17, 15) is 19.5 Å². The number of carbonyl (C=O) groups is 3. The summed E-state index contributed by atoms with van der Waals surface area (Å²) in [5.41, 5.74) is 1.24. The van der Waals surface area contributed by atoms with E-state index in [1.54, 1.807) is 43.3 Å². The summed E-state index contributed by atoms with van der Waals surface area (Å²) < 4.78 is 5.98. The summed E-state index contributed by atoms with van der Waals surface area (Å²) in [4.78, 5) is 48.8. The van der Waals surface area contributed by atoms with Crippen molar-refractivity contribution in [3.63, 3.8) is 0 Å². The van der Waals surface area contributed by atoms with Gasteiger partial charge in [0.2, 0.25) is 0 Å². The summed E-state index contributed by atoms with van der Waals surface area (Å²) in [7, 11) is 0. The number of hydrogen-bond acceptors (Lipinski definition) is 8. The maximum Gasteiger partial charge on any atom is 0.301 e. The second-order valence-corrected chi connectivity index (χ2v) is 9.34. The van der Waals surface area contributed by atoms with Crippen LogP contribution in [0.5, 0.6) is 11.5 Å². The molecular weight excluding hydrogens is 490 g/mol. The van der Waals surface area contributed by atoms with Gasteiger partial charge in [0, 0.05) is 24.9 Å².